The molecular weight excluding hydrogens is 361 g/mol. The number of ether oxygens (including phenoxy) is 1. The molecule has 0 bridgehead atoms. The lowest BCUT2D eigenvalue weighted by molar-refractivity contribution is -0.138. The summed E-state index contributed by atoms with van der Waals surface area (Å²) < 4.78 is 44.6. The second-order valence-electron chi connectivity index (χ2n) is 8.12. The van der Waals surface area contributed by atoms with E-state index in [1.807, 2.05) is 0 Å². The van der Waals surface area contributed by atoms with Crippen molar-refractivity contribution < 1.29 is 27.5 Å². The molecule has 1 N–H and O–H groups in total. The van der Waals surface area contributed by atoms with Crippen molar-refractivity contribution in [3.8, 4) is 0 Å². The zero-order valence-corrected chi connectivity index (χ0v) is 15.5. The van der Waals surface area contributed by atoms with Crippen molar-refractivity contribution in [1.82, 2.24) is 10.2 Å². The first kappa shape index (κ1) is 19.5. The first-order chi connectivity index (χ1) is 12.5. The Bertz CT molecular complexity index is 736. The molecule has 1 aromatic carbocycles. The van der Waals surface area contributed by atoms with Gasteiger partial charge in [-0.25, -0.2) is 4.79 Å². The van der Waals surface area contributed by atoms with E-state index in [9.17, 15) is 22.8 Å². The third-order valence-electron chi connectivity index (χ3n) is 4.67. The smallest absolute Gasteiger partial charge is 0.416 e. The number of halogens is 3. The van der Waals surface area contributed by atoms with Crippen LogP contribution in [0.1, 0.15) is 44.2 Å². The van der Waals surface area contributed by atoms with E-state index in [2.05, 4.69) is 5.32 Å². The third kappa shape index (κ3) is 4.54. The molecule has 2 amide bonds. The highest BCUT2D eigenvalue weighted by Gasteiger charge is 2.48. The molecule has 3 rings (SSSR count). The molecule has 0 aromatic heterocycles. The van der Waals surface area contributed by atoms with Crippen molar-refractivity contribution >= 4 is 12.0 Å². The summed E-state index contributed by atoms with van der Waals surface area (Å²) in [7, 11) is 0. The number of hydrogen-bond donors (Lipinski definition) is 1. The quantitative estimate of drug-likeness (QED) is 0.867. The molecule has 148 valence electrons. The monoisotopic (exact) mass is 384 g/mol. The van der Waals surface area contributed by atoms with Gasteiger partial charge in [0.05, 0.1) is 11.6 Å². The van der Waals surface area contributed by atoms with E-state index in [0.717, 1.165) is 6.07 Å². The average Bonchev–Trinajstić information content (AvgIpc) is 3.28. The Labute approximate surface area is 155 Å². The number of rotatable bonds is 3. The van der Waals surface area contributed by atoms with E-state index in [0.29, 0.717) is 19.5 Å². The van der Waals surface area contributed by atoms with E-state index in [1.165, 1.54) is 17.0 Å². The molecule has 2 fully saturated rings. The summed E-state index contributed by atoms with van der Waals surface area (Å²) in [6, 6.07) is 5.21. The van der Waals surface area contributed by atoms with E-state index in [1.54, 1.807) is 26.8 Å². The molecule has 1 aromatic rings. The molecule has 2 aliphatic rings. The Hall–Kier alpha value is -2.25. The van der Waals surface area contributed by atoms with Crippen molar-refractivity contribution in [2.45, 2.75) is 50.9 Å². The fourth-order valence-corrected chi connectivity index (χ4v) is 3.26. The lowest BCUT2D eigenvalue weighted by atomic mass is 10.0. The van der Waals surface area contributed by atoms with Crippen LogP contribution >= 0.6 is 0 Å². The first-order valence-electron chi connectivity index (χ1n) is 8.90. The molecule has 27 heavy (non-hydrogen) atoms. The summed E-state index contributed by atoms with van der Waals surface area (Å²) in [5, 5.41) is 2.81. The van der Waals surface area contributed by atoms with Crippen molar-refractivity contribution in [1.29, 1.82) is 0 Å². The molecule has 0 unspecified atom stereocenters. The molecule has 1 saturated carbocycles. The van der Waals surface area contributed by atoms with Crippen LogP contribution < -0.4 is 5.32 Å². The summed E-state index contributed by atoms with van der Waals surface area (Å²) in [6.45, 7) is 6.01. The number of likely N-dealkylation sites (tertiary alicyclic amines) is 1. The number of nitrogens with one attached hydrogen (secondary N) is 1. The van der Waals surface area contributed by atoms with Gasteiger partial charge in [-0.3, -0.25) is 4.79 Å². The van der Waals surface area contributed by atoms with Crippen LogP contribution in [0, 0.1) is 5.92 Å². The zero-order valence-electron chi connectivity index (χ0n) is 15.5. The molecule has 8 heteroatoms. The minimum atomic E-state index is -4.43. The number of hydrogen-bond acceptors (Lipinski definition) is 3. The second kappa shape index (κ2) is 6.73. The predicted molar refractivity (Wildman–Crippen MR) is 92.0 cm³/mol. The Kier molecular flexibility index (Phi) is 4.86. The van der Waals surface area contributed by atoms with Gasteiger partial charge in [0.1, 0.15) is 5.60 Å². The number of amides is 2. The van der Waals surface area contributed by atoms with Gasteiger partial charge in [0, 0.05) is 19.0 Å². The zero-order chi connectivity index (χ0) is 20.0. The Balaban J connectivity index is 1.51. The third-order valence-corrected chi connectivity index (χ3v) is 4.67. The number of carbonyl (C=O) groups is 2. The Morgan fingerprint density at radius 2 is 1.78 bits per heavy atom. The molecule has 0 spiro atoms. The minimum absolute atomic E-state index is 0.175. The molecule has 1 heterocycles. The summed E-state index contributed by atoms with van der Waals surface area (Å²) in [4.78, 5) is 25.7. The highest BCUT2D eigenvalue weighted by Crippen LogP contribution is 2.51. The van der Waals surface area contributed by atoms with Crippen LogP contribution in [0.5, 0.6) is 0 Å². The minimum Gasteiger partial charge on any atom is -0.444 e. The lowest BCUT2D eigenvalue weighted by Gasteiger charge is -2.40. The van der Waals surface area contributed by atoms with Gasteiger partial charge in [-0.05, 0) is 44.7 Å². The molecule has 1 aliphatic heterocycles. The largest absolute Gasteiger partial charge is 0.444 e. The van der Waals surface area contributed by atoms with Crippen LogP contribution in [-0.2, 0) is 15.7 Å². The van der Waals surface area contributed by atoms with E-state index >= 15 is 0 Å². The van der Waals surface area contributed by atoms with E-state index in [4.69, 9.17) is 4.74 Å². The maximum atomic E-state index is 13.1. The van der Waals surface area contributed by atoms with Gasteiger partial charge in [-0.2, -0.15) is 13.2 Å². The second-order valence-corrected chi connectivity index (χ2v) is 8.12. The van der Waals surface area contributed by atoms with Crippen LogP contribution in [-0.4, -0.2) is 41.6 Å². The van der Waals surface area contributed by atoms with Gasteiger partial charge in [0.2, 0.25) is 5.91 Å². The van der Waals surface area contributed by atoms with Crippen molar-refractivity contribution in [2.75, 3.05) is 13.1 Å². The fourth-order valence-electron chi connectivity index (χ4n) is 3.26. The van der Waals surface area contributed by atoms with E-state index in [-0.39, 0.29) is 17.5 Å². The summed E-state index contributed by atoms with van der Waals surface area (Å²) >= 11 is 0. The van der Waals surface area contributed by atoms with Crippen molar-refractivity contribution in [3.05, 3.63) is 35.4 Å². The Morgan fingerprint density at radius 3 is 2.37 bits per heavy atom. The van der Waals surface area contributed by atoms with Crippen LogP contribution in [0.15, 0.2) is 24.3 Å². The molecule has 5 nitrogen and oxygen atoms in total. The van der Waals surface area contributed by atoms with Crippen molar-refractivity contribution in [2.24, 2.45) is 5.92 Å². The molecule has 1 aliphatic carbocycles. The number of carbonyl (C=O) groups excluding carboxylic acids is 2. The maximum absolute atomic E-state index is 13.1. The van der Waals surface area contributed by atoms with Gasteiger partial charge in [0.15, 0.2) is 0 Å². The van der Waals surface area contributed by atoms with Gasteiger partial charge in [-0.1, -0.05) is 18.2 Å². The van der Waals surface area contributed by atoms with Gasteiger partial charge < -0.3 is 15.0 Å². The summed E-state index contributed by atoms with van der Waals surface area (Å²) in [6.07, 6.45) is -4.46. The van der Waals surface area contributed by atoms with Crippen LogP contribution in [0.3, 0.4) is 0 Å². The predicted octanol–water partition coefficient (Wildman–Crippen LogP) is 3.54. The van der Waals surface area contributed by atoms with Gasteiger partial charge in [0.25, 0.3) is 0 Å². The molecule has 0 radical (unpaired) electrons. The summed E-state index contributed by atoms with van der Waals surface area (Å²) in [5.74, 6) is -1.13. The topological polar surface area (TPSA) is 58.6 Å². The first-order valence-corrected chi connectivity index (χ1v) is 8.90. The Morgan fingerprint density at radius 1 is 1.15 bits per heavy atom. The van der Waals surface area contributed by atoms with Gasteiger partial charge in [-0.15, -0.1) is 0 Å². The normalized spacial score (nSPS) is 22.8. The number of nitrogens with zero attached hydrogens (tertiary/aromatic N) is 1. The van der Waals surface area contributed by atoms with Crippen LogP contribution in [0.4, 0.5) is 18.0 Å². The highest BCUT2D eigenvalue weighted by molar-refractivity contribution is 5.83. The van der Waals surface area contributed by atoms with Crippen molar-refractivity contribution in [3.63, 3.8) is 0 Å². The summed E-state index contributed by atoms with van der Waals surface area (Å²) in [5.41, 5.74) is -1.09. The lowest BCUT2D eigenvalue weighted by Crippen LogP contribution is -2.61. The molecule has 1 saturated heterocycles. The molecular formula is C19H23F3N2O3. The standard InChI is InChI=1S/C19H23F3N2O3/c1-18(2,3)27-17(26)24-9-11(10-24)23-16(25)14-8-13(14)12-6-4-5-7-15(12)19(20,21)22/h4-7,11,13-14H,8-10H2,1-3H3,(H,23,25)/t13-,14-/m0/s1. The number of benzene rings is 1. The number of alkyl halides is 3. The molecule has 2 atom stereocenters. The van der Waals surface area contributed by atoms with Crippen LogP contribution in [0.2, 0.25) is 0 Å². The maximum Gasteiger partial charge on any atom is 0.416 e. The van der Waals surface area contributed by atoms with E-state index < -0.39 is 35.3 Å². The fraction of sp³-hybridized carbons (Fsp3) is 0.579. The SMILES string of the molecule is CC(C)(C)OC(=O)N1CC(NC(=O)[C@H]2C[C@H]2c2ccccc2C(F)(F)F)C1. The average molecular weight is 384 g/mol. The highest BCUT2D eigenvalue weighted by atomic mass is 19.4. The van der Waals surface area contributed by atoms with Crippen LogP contribution in [0.25, 0.3) is 0 Å². The van der Waals surface area contributed by atoms with Gasteiger partial charge >= 0.3 is 12.3 Å².